The molecule has 0 unspecified atom stereocenters. The number of hydrazone groups is 1. The molecule has 0 fully saturated rings. The molecule has 0 bridgehead atoms. The number of thiocarbonyl (C=S) groups is 1. The third kappa shape index (κ3) is 3.52. The molecule has 16 heavy (non-hydrogen) atoms. The van der Waals surface area contributed by atoms with Gasteiger partial charge in [-0.2, -0.15) is 5.10 Å². The van der Waals surface area contributed by atoms with E-state index in [0.29, 0.717) is 21.4 Å². The third-order valence-corrected chi connectivity index (χ3v) is 2.21. The summed E-state index contributed by atoms with van der Waals surface area (Å²) in [6.45, 7) is 0. The van der Waals surface area contributed by atoms with Crippen molar-refractivity contribution in [2.75, 3.05) is 7.11 Å². The summed E-state index contributed by atoms with van der Waals surface area (Å²) in [6.07, 6.45) is 1.47. The highest BCUT2D eigenvalue weighted by Gasteiger charge is 2.07. The van der Waals surface area contributed by atoms with Crippen LogP contribution in [-0.4, -0.2) is 18.4 Å². The molecule has 0 heterocycles. The Morgan fingerprint density at radius 2 is 2.25 bits per heavy atom. The molecule has 4 nitrogen and oxygen atoms in total. The molecule has 0 aliphatic rings. The molecule has 1 aromatic rings. The van der Waals surface area contributed by atoms with Crippen molar-refractivity contribution in [3.8, 4) is 5.75 Å². The lowest BCUT2D eigenvalue weighted by Gasteiger charge is -2.07. The zero-order valence-electron chi connectivity index (χ0n) is 8.33. The molecule has 0 saturated heterocycles. The van der Waals surface area contributed by atoms with Crippen molar-refractivity contribution in [3.05, 3.63) is 27.7 Å². The van der Waals surface area contributed by atoms with Crippen LogP contribution in [0, 0.1) is 0 Å². The fourth-order valence-corrected chi connectivity index (χ4v) is 1.70. The standard InChI is InChI=1S/C9H9Cl2N3OS/c1-15-8-5(4-13-14-9(12)16)2-6(10)3-7(8)11/h2-4H,1H3,(H3,12,14,16)/b13-4-. The fourth-order valence-electron chi connectivity index (χ4n) is 1.06. The number of nitrogens with one attached hydrogen (secondary N) is 1. The van der Waals surface area contributed by atoms with Gasteiger partial charge in [-0.3, -0.25) is 5.43 Å². The minimum atomic E-state index is 0.0725. The van der Waals surface area contributed by atoms with Crippen LogP contribution in [0.3, 0.4) is 0 Å². The molecule has 0 saturated carbocycles. The highest BCUT2D eigenvalue weighted by Crippen LogP contribution is 2.30. The second-order valence-corrected chi connectivity index (χ2v) is 4.03. The second kappa shape index (κ2) is 5.89. The smallest absolute Gasteiger partial charge is 0.184 e. The van der Waals surface area contributed by atoms with E-state index in [4.69, 9.17) is 33.7 Å². The maximum atomic E-state index is 5.93. The number of hydrogen-bond donors (Lipinski definition) is 2. The topological polar surface area (TPSA) is 59.6 Å². The highest BCUT2D eigenvalue weighted by molar-refractivity contribution is 7.80. The first-order valence-corrected chi connectivity index (χ1v) is 5.32. The Hall–Kier alpha value is -1.04. The van der Waals surface area contributed by atoms with Crippen LogP contribution < -0.4 is 15.9 Å². The van der Waals surface area contributed by atoms with Crippen molar-refractivity contribution >= 4 is 46.7 Å². The quantitative estimate of drug-likeness (QED) is 0.505. The minimum absolute atomic E-state index is 0.0725. The lowest BCUT2D eigenvalue weighted by Crippen LogP contribution is -2.24. The molecule has 0 aliphatic carbocycles. The average molecular weight is 278 g/mol. The first-order valence-electron chi connectivity index (χ1n) is 4.16. The van der Waals surface area contributed by atoms with E-state index >= 15 is 0 Å². The zero-order valence-corrected chi connectivity index (χ0v) is 10.7. The highest BCUT2D eigenvalue weighted by atomic mass is 35.5. The minimum Gasteiger partial charge on any atom is -0.495 e. The van der Waals surface area contributed by atoms with Gasteiger partial charge in [0.2, 0.25) is 0 Å². The molecule has 0 atom stereocenters. The monoisotopic (exact) mass is 277 g/mol. The van der Waals surface area contributed by atoms with Gasteiger partial charge >= 0.3 is 0 Å². The van der Waals surface area contributed by atoms with Crippen LogP contribution in [0.1, 0.15) is 5.56 Å². The molecular formula is C9H9Cl2N3OS. The lowest BCUT2D eigenvalue weighted by atomic mass is 10.2. The van der Waals surface area contributed by atoms with Crippen LogP contribution in [0.25, 0.3) is 0 Å². The SMILES string of the molecule is COc1c(Cl)cc(Cl)cc1/C=N\NC(N)=S. The summed E-state index contributed by atoms with van der Waals surface area (Å²) in [5, 5.41) is 4.76. The van der Waals surface area contributed by atoms with Gasteiger partial charge in [0.1, 0.15) is 5.75 Å². The van der Waals surface area contributed by atoms with Crippen molar-refractivity contribution in [2.45, 2.75) is 0 Å². The molecule has 3 N–H and O–H groups in total. The van der Waals surface area contributed by atoms with Crippen LogP contribution in [-0.2, 0) is 0 Å². The van der Waals surface area contributed by atoms with Crippen molar-refractivity contribution in [1.82, 2.24) is 5.43 Å². The van der Waals surface area contributed by atoms with Gasteiger partial charge in [-0.05, 0) is 24.4 Å². The summed E-state index contributed by atoms with van der Waals surface area (Å²) in [4.78, 5) is 0. The van der Waals surface area contributed by atoms with Crippen LogP contribution in [0.15, 0.2) is 17.2 Å². The Balaban J connectivity index is 3.02. The van der Waals surface area contributed by atoms with Gasteiger partial charge < -0.3 is 10.5 Å². The van der Waals surface area contributed by atoms with Gasteiger partial charge in [-0.25, -0.2) is 0 Å². The maximum absolute atomic E-state index is 5.93. The summed E-state index contributed by atoms with van der Waals surface area (Å²) in [5.41, 5.74) is 8.26. The molecule has 7 heteroatoms. The number of ether oxygens (including phenoxy) is 1. The number of rotatable bonds is 3. The Labute approximate surface area is 108 Å². The summed E-state index contributed by atoms with van der Waals surface area (Å²) in [6, 6.07) is 3.25. The maximum Gasteiger partial charge on any atom is 0.184 e. The van der Waals surface area contributed by atoms with Gasteiger partial charge in [0.15, 0.2) is 5.11 Å². The van der Waals surface area contributed by atoms with E-state index < -0.39 is 0 Å². The molecular weight excluding hydrogens is 269 g/mol. The Kier molecular flexibility index (Phi) is 4.79. The van der Waals surface area contributed by atoms with E-state index in [9.17, 15) is 0 Å². The van der Waals surface area contributed by atoms with Crippen molar-refractivity contribution in [2.24, 2.45) is 10.8 Å². The molecule has 0 radical (unpaired) electrons. The average Bonchev–Trinajstić information content (AvgIpc) is 2.16. The summed E-state index contributed by atoms with van der Waals surface area (Å²) >= 11 is 16.4. The number of halogens is 2. The molecule has 0 aromatic heterocycles. The van der Waals surface area contributed by atoms with Crippen molar-refractivity contribution in [1.29, 1.82) is 0 Å². The zero-order chi connectivity index (χ0) is 12.1. The molecule has 1 aromatic carbocycles. The van der Waals surface area contributed by atoms with Gasteiger partial charge in [-0.1, -0.05) is 23.2 Å². The lowest BCUT2D eigenvalue weighted by molar-refractivity contribution is 0.414. The largest absolute Gasteiger partial charge is 0.495 e. The van der Waals surface area contributed by atoms with E-state index in [1.54, 1.807) is 12.1 Å². The third-order valence-electron chi connectivity index (χ3n) is 1.62. The molecule has 1 rings (SSSR count). The number of hydrogen-bond acceptors (Lipinski definition) is 3. The van der Waals surface area contributed by atoms with Crippen molar-refractivity contribution in [3.63, 3.8) is 0 Å². The van der Waals surface area contributed by atoms with Crippen LogP contribution in [0.4, 0.5) is 0 Å². The first-order chi connectivity index (χ1) is 7.54. The predicted molar refractivity (Wildman–Crippen MR) is 70.5 cm³/mol. The van der Waals surface area contributed by atoms with E-state index in [1.807, 2.05) is 0 Å². The second-order valence-electron chi connectivity index (χ2n) is 2.74. The summed E-state index contributed by atoms with van der Waals surface area (Å²) in [7, 11) is 1.51. The normalized spacial score (nSPS) is 10.4. The molecule has 0 spiro atoms. The van der Waals surface area contributed by atoms with Crippen molar-refractivity contribution < 1.29 is 4.74 Å². The van der Waals surface area contributed by atoms with E-state index in [0.717, 1.165) is 0 Å². The van der Waals surface area contributed by atoms with Gasteiger partial charge in [0, 0.05) is 10.6 Å². The van der Waals surface area contributed by atoms with Gasteiger partial charge in [-0.15, -0.1) is 0 Å². The van der Waals surface area contributed by atoms with E-state index in [-0.39, 0.29) is 5.11 Å². The van der Waals surface area contributed by atoms with Crippen LogP contribution in [0.5, 0.6) is 5.75 Å². The Morgan fingerprint density at radius 1 is 1.56 bits per heavy atom. The molecule has 0 amide bonds. The van der Waals surface area contributed by atoms with Gasteiger partial charge in [0.25, 0.3) is 0 Å². The molecule has 86 valence electrons. The Bertz CT molecular complexity index is 437. The number of methoxy groups -OCH3 is 1. The predicted octanol–water partition coefficient (Wildman–Crippen LogP) is 2.17. The Morgan fingerprint density at radius 3 is 2.81 bits per heavy atom. The fraction of sp³-hybridized carbons (Fsp3) is 0.111. The van der Waals surface area contributed by atoms with Crippen LogP contribution in [0.2, 0.25) is 10.0 Å². The number of nitrogens with zero attached hydrogens (tertiary/aromatic N) is 1. The van der Waals surface area contributed by atoms with Gasteiger partial charge in [0.05, 0.1) is 18.3 Å². The van der Waals surface area contributed by atoms with E-state index in [2.05, 4.69) is 22.7 Å². The number of benzene rings is 1. The van der Waals surface area contributed by atoms with Crippen LogP contribution >= 0.6 is 35.4 Å². The number of nitrogens with two attached hydrogens (primary N) is 1. The summed E-state index contributed by atoms with van der Waals surface area (Å²) in [5.74, 6) is 0.486. The first kappa shape index (κ1) is 13.0. The molecule has 0 aliphatic heterocycles. The summed E-state index contributed by atoms with van der Waals surface area (Å²) < 4.78 is 5.11. The van der Waals surface area contributed by atoms with E-state index in [1.165, 1.54) is 13.3 Å².